The summed E-state index contributed by atoms with van der Waals surface area (Å²) >= 11 is 0. The Kier molecular flexibility index (Phi) is 9.29. The lowest BCUT2D eigenvalue weighted by molar-refractivity contribution is -0.136. The lowest BCUT2D eigenvalue weighted by Gasteiger charge is -1.85. The van der Waals surface area contributed by atoms with Crippen LogP contribution in [0.25, 0.3) is 0 Å². The first-order valence-electron chi connectivity index (χ1n) is 2.65. The number of carbonyl (C=O) groups excluding carboxylic acids is 1. The van der Waals surface area contributed by atoms with Crippen molar-refractivity contribution in [2.75, 3.05) is 7.11 Å². The molecule has 11 heavy (non-hydrogen) atoms. The molecule has 0 rings (SSSR count). The zero-order chi connectivity index (χ0) is 9.28. The number of hydrogen-bond donors (Lipinski definition) is 1. The number of carboxylic acid groups (broad SMARTS) is 1. The molecule has 0 spiro atoms. The summed E-state index contributed by atoms with van der Waals surface area (Å²) in [6.45, 7) is 6.00. The molecule has 0 heterocycles. The summed E-state index contributed by atoms with van der Waals surface area (Å²) < 4.78 is 4.11. The van der Waals surface area contributed by atoms with Crippen molar-refractivity contribution in [3.63, 3.8) is 0 Å². The van der Waals surface area contributed by atoms with Crippen LogP contribution in [0.2, 0.25) is 0 Å². The van der Waals surface area contributed by atoms with Crippen LogP contribution in [0.1, 0.15) is 0 Å². The predicted octanol–water partition coefficient (Wildman–Crippen LogP) is 0.602. The largest absolute Gasteiger partial charge is 0.478 e. The second-order valence-electron chi connectivity index (χ2n) is 1.19. The van der Waals surface area contributed by atoms with E-state index in [0.29, 0.717) is 6.08 Å². The van der Waals surface area contributed by atoms with E-state index >= 15 is 0 Å². The number of hydrogen-bond acceptors (Lipinski definition) is 3. The highest BCUT2D eigenvalue weighted by atomic mass is 16.5. The predicted molar refractivity (Wildman–Crippen MR) is 40.0 cm³/mol. The number of esters is 1. The monoisotopic (exact) mass is 158 g/mol. The first-order chi connectivity index (χ1) is 5.16. The van der Waals surface area contributed by atoms with Crippen LogP contribution in [0.15, 0.2) is 25.3 Å². The average Bonchev–Trinajstić information content (AvgIpc) is 2.04. The molecule has 4 heteroatoms. The second-order valence-corrected chi connectivity index (χ2v) is 1.19. The van der Waals surface area contributed by atoms with Gasteiger partial charge in [0.15, 0.2) is 0 Å². The Labute approximate surface area is 64.8 Å². The summed E-state index contributed by atoms with van der Waals surface area (Å²) in [5.74, 6) is -1.84. The minimum Gasteiger partial charge on any atom is -0.478 e. The van der Waals surface area contributed by atoms with Gasteiger partial charge in [0.25, 0.3) is 0 Å². The van der Waals surface area contributed by atoms with E-state index in [9.17, 15) is 9.59 Å². The molecule has 0 unspecified atom stereocenters. The van der Waals surface area contributed by atoms with Gasteiger partial charge < -0.3 is 9.84 Å². The van der Waals surface area contributed by atoms with Crippen LogP contribution in [0.5, 0.6) is 0 Å². The molecule has 62 valence electrons. The minimum atomic E-state index is -1.17. The molecule has 0 aromatic rings. The summed E-state index contributed by atoms with van der Waals surface area (Å²) in [5.41, 5.74) is 0. The van der Waals surface area contributed by atoms with Crippen LogP contribution >= 0.6 is 0 Å². The van der Waals surface area contributed by atoms with Crippen molar-refractivity contribution in [1.82, 2.24) is 0 Å². The smallest absolute Gasteiger partial charge is 0.330 e. The normalized spacial score (nSPS) is 8.09. The van der Waals surface area contributed by atoms with Gasteiger partial charge in [-0.3, -0.25) is 0 Å². The van der Waals surface area contributed by atoms with Crippen molar-refractivity contribution in [2.45, 2.75) is 0 Å². The number of carboxylic acids is 1. The molecule has 0 aliphatic rings. The van der Waals surface area contributed by atoms with Crippen LogP contribution in [0, 0.1) is 0 Å². The third kappa shape index (κ3) is 11.8. The molecule has 0 fully saturated rings. The van der Waals surface area contributed by atoms with Crippen molar-refractivity contribution < 1.29 is 19.4 Å². The third-order valence-electron chi connectivity index (χ3n) is 0.563. The molecule has 0 aromatic heterocycles. The van der Waals surface area contributed by atoms with E-state index in [1.165, 1.54) is 7.11 Å². The Morgan fingerprint density at radius 2 is 1.82 bits per heavy atom. The van der Waals surface area contributed by atoms with Crippen LogP contribution < -0.4 is 0 Å². The topological polar surface area (TPSA) is 63.6 Å². The molecule has 0 atom stereocenters. The van der Waals surface area contributed by atoms with E-state index in [1.54, 1.807) is 0 Å². The number of carbonyl (C=O) groups is 2. The fraction of sp³-hybridized carbons (Fsp3) is 0.143. The molecule has 0 aliphatic carbocycles. The van der Waals surface area contributed by atoms with Gasteiger partial charge in [-0.15, -0.1) is 13.2 Å². The standard InChI is InChI=1S/C5H6O4.C2H4/c1-9-5(8)3-2-4(6)7;1-2/h2-3H,1H3,(H,6,7);1-2H2. The van der Waals surface area contributed by atoms with Gasteiger partial charge in [0.2, 0.25) is 0 Å². The highest BCUT2D eigenvalue weighted by molar-refractivity contribution is 5.90. The Bertz CT molecular complexity index is 160. The van der Waals surface area contributed by atoms with Crippen molar-refractivity contribution in [3.05, 3.63) is 25.3 Å². The van der Waals surface area contributed by atoms with E-state index in [1.807, 2.05) is 0 Å². The van der Waals surface area contributed by atoms with Gasteiger partial charge in [-0.2, -0.15) is 0 Å². The van der Waals surface area contributed by atoms with Gasteiger partial charge in [0.05, 0.1) is 7.11 Å². The molecular weight excluding hydrogens is 148 g/mol. The second kappa shape index (κ2) is 8.42. The van der Waals surface area contributed by atoms with Crippen LogP contribution in [0.3, 0.4) is 0 Å². The Morgan fingerprint density at radius 1 is 1.36 bits per heavy atom. The summed E-state index contributed by atoms with van der Waals surface area (Å²) in [7, 11) is 1.18. The number of aliphatic carboxylic acids is 1. The zero-order valence-electron chi connectivity index (χ0n) is 6.24. The number of ether oxygens (including phenoxy) is 1. The fourth-order valence-corrected chi connectivity index (χ4v) is 0.207. The summed E-state index contributed by atoms with van der Waals surface area (Å²) in [4.78, 5) is 19.9. The van der Waals surface area contributed by atoms with E-state index < -0.39 is 11.9 Å². The van der Waals surface area contributed by atoms with Gasteiger partial charge >= 0.3 is 11.9 Å². The molecule has 0 saturated carbocycles. The fourth-order valence-electron chi connectivity index (χ4n) is 0.207. The van der Waals surface area contributed by atoms with Crippen molar-refractivity contribution in [2.24, 2.45) is 0 Å². The zero-order valence-corrected chi connectivity index (χ0v) is 6.24. The minimum absolute atomic E-state index is 0.669. The number of methoxy groups -OCH3 is 1. The summed E-state index contributed by atoms with van der Waals surface area (Å²) in [5, 5.41) is 7.96. The van der Waals surface area contributed by atoms with E-state index in [2.05, 4.69) is 17.9 Å². The third-order valence-corrected chi connectivity index (χ3v) is 0.563. The molecule has 0 aliphatic heterocycles. The highest BCUT2D eigenvalue weighted by Crippen LogP contribution is 1.76. The molecule has 4 nitrogen and oxygen atoms in total. The van der Waals surface area contributed by atoms with Gasteiger partial charge in [0, 0.05) is 12.2 Å². The van der Waals surface area contributed by atoms with Gasteiger partial charge in [-0.05, 0) is 0 Å². The SMILES string of the molecule is C=C.COC(=O)C=CC(=O)O. The molecular formula is C7H10O4. The maximum Gasteiger partial charge on any atom is 0.330 e. The van der Waals surface area contributed by atoms with Crippen LogP contribution in [-0.4, -0.2) is 24.2 Å². The lowest BCUT2D eigenvalue weighted by atomic mass is 10.5. The highest BCUT2D eigenvalue weighted by Gasteiger charge is 1.91. The van der Waals surface area contributed by atoms with Gasteiger partial charge in [-0.25, -0.2) is 9.59 Å². The van der Waals surface area contributed by atoms with Crippen molar-refractivity contribution in [1.29, 1.82) is 0 Å². The van der Waals surface area contributed by atoms with E-state index in [0.717, 1.165) is 6.08 Å². The first kappa shape index (κ1) is 12.1. The van der Waals surface area contributed by atoms with Crippen LogP contribution in [-0.2, 0) is 14.3 Å². The molecule has 0 saturated heterocycles. The Balaban J connectivity index is 0. The van der Waals surface area contributed by atoms with Crippen LogP contribution in [0.4, 0.5) is 0 Å². The maximum absolute atomic E-state index is 10.1. The number of rotatable bonds is 2. The Hall–Kier alpha value is -1.58. The van der Waals surface area contributed by atoms with Crippen molar-refractivity contribution >= 4 is 11.9 Å². The van der Waals surface area contributed by atoms with Crippen molar-refractivity contribution in [3.8, 4) is 0 Å². The van der Waals surface area contributed by atoms with Gasteiger partial charge in [0.1, 0.15) is 0 Å². The Morgan fingerprint density at radius 3 is 2.09 bits per heavy atom. The average molecular weight is 158 g/mol. The quantitative estimate of drug-likeness (QED) is 0.363. The summed E-state index contributed by atoms with van der Waals surface area (Å²) in [6.07, 6.45) is 1.55. The first-order valence-corrected chi connectivity index (χ1v) is 2.65. The lowest BCUT2D eigenvalue weighted by Crippen LogP contribution is -1.96. The molecule has 0 aromatic carbocycles. The molecule has 0 radical (unpaired) electrons. The van der Waals surface area contributed by atoms with E-state index in [4.69, 9.17) is 5.11 Å². The van der Waals surface area contributed by atoms with E-state index in [-0.39, 0.29) is 0 Å². The molecule has 0 amide bonds. The molecule has 0 bridgehead atoms. The summed E-state index contributed by atoms with van der Waals surface area (Å²) in [6, 6.07) is 0. The molecule has 1 N–H and O–H groups in total. The van der Waals surface area contributed by atoms with Gasteiger partial charge in [-0.1, -0.05) is 0 Å². The maximum atomic E-state index is 10.1.